The standard InChI is InChI=1S/C41H84N2O5/c1-5-7-9-11-13-15-17-19-21-23-25-27-30-43(31-28-26-24-22-20-18-16-14-12-10-8-6-2)41(44)29-32-42(33-35-47-39-37-45-3)34-36-48-40-38-46-4/h5-40H2,1-4H3. The van der Waals surface area contributed by atoms with Crippen molar-refractivity contribution in [2.45, 2.75) is 174 Å². The number of nitrogens with zero attached hydrogens (tertiary/aromatic N) is 2. The molecule has 0 heterocycles. The lowest BCUT2D eigenvalue weighted by atomic mass is 10.0. The van der Waals surface area contributed by atoms with Gasteiger partial charge in [0.25, 0.3) is 0 Å². The molecule has 0 aromatic heterocycles. The smallest absolute Gasteiger partial charge is 0.223 e. The highest BCUT2D eigenvalue weighted by molar-refractivity contribution is 5.76. The zero-order chi connectivity index (χ0) is 35.0. The normalized spacial score (nSPS) is 11.6. The molecule has 0 aromatic rings. The molecule has 0 fully saturated rings. The van der Waals surface area contributed by atoms with Crippen LogP contribution in [0.4, 0.5) is 0 Å². The number of carbonyl (C=O) groups is 1. The van der Waals surface area contributed by atoms with E-state index in [-0.39, 0.29) is 0 Å². The number of hydrogen-bond acceptors (Lipinski definition) is 6. The van der Waals surface area contributed by atoms with Gasteiger partial charge in [-0.05, 0) is 12.8 Å². The molecule has 0 rings (SSSR count). The van der Waals surface area contributed by atoms with Gasteiger partial charge in [0.15, 0.2) is 0 Å². The summed E-state index contributed by atoms with van der Waals surface area (Å²) in [5.41, 5.74) is 0. The number of methoxy groups -OCH3 is 2. The highest BCUT2D eigenvalue weighted by atomic mass is 16.5. The third-order valence-corrected chi connectivity index (χ3v) is 9.53. The Morgan fingerprint density at radius 3 is 1.06 bits per heavy atom. The lowest BCUT2D eigenvalue weighted by molar-refractivity contribution is -0.131. The van der Waals surface area contributed by atoms with E-state index in [9.17, 15) is 4.79 Å². The second-order valence-electron chi connectivity index (χ2n) is 14.0. The maximum absolute atomic E-state index is 13.5. The predicted molar refractivity (Wildman–Crippen MR) is 205 cm³/mol. The van der Waals surface area contributed by atoms with E-state index in [4.69, 9.17) is 18.9 Å². The summed E-state index contributed by atoms with van der Waals surface area (Å²) in [5, 5.41) is 0. The van der Waals surface area contributed by atoms with E-state index < -0.39 is 0 Å². The van der Waals surface area contributed by atoms with E-state index in [1.54, 1.807) is 14.2 Å². The summed E-state index contributed by atoms with van der Waals surface area (Å²) >= 11 is 0. The molecule has 0 saturated heterocycles. The van der Waals surface area contributed by atoms with Crippen LogP contribution in [0.15, 0.2) is 0 Å². The first-order chi connectivity index (χ1) is 23.7. The Labute approximate surface area is 299 Å². The highest BCUT2D eigenvalue weighted by Crippen LogP contribution is 2.14. The fourth-order valence-corrected chi connectivity index (χ4v) is 6.27. The molecule has 0 radical (unpaired) electrons. The predicted octanol–water partition coefficient (Wildman–Crippen LogP) is 10.2. The molecule has 1 amide bonds. The summed E-state index contributed by atoms with van der Waals surface area (Å²) in [6, 6.07) is 0. The summed E-state index contributed by atoms with van der Waals surface area (Å²) in [6.07, 6.45) is 32.8. The van der Waals surface area contributed by atoms with E-state index in [0.717, 1.165) is 45.6 Å². The van der Waals surface area contributed by atoms with Crippen LogP contribution in [-0.2, 0) is 23.7 Å². The van der Waals surface area contributed by atoms with E-state index in [1.165, 1.54) is 141 Å². The van der Waals surface area contributed by atoms with Gasteiger partial charge in [0.1, 0.15) is 0 Å². The molecule has 0 spiro atoms. The zero-order valence-electron chi connectivity index (χ0n) is 32.9. The summed E-state index contributed by atoms with van der Waals surface area (Å²) < 4.78 is 21.7. The quantitative estimate of drug-likeness (QED) is 0.0598. The highest BCUT2D eigenvalue weighted by Gasteiger charge is 2.15. The molecule has 7 heteroatoms. The van der Waals surface area contributed by atoms with Crippen LogP contribution in [0.5, 0.6) is 0 Å². The SMILES string of the molecule is CCCCCCCCCCCCCCN(CCCCCCCCCCCCCC)C(=O)CCN(CCOCCOC)CCOCCOC. The van der Waals surface area contributed by atoms with Crippen LogP contribution in [-0.4, -0.2) is 102 Å². The Hall–Kier alpha value is -0.730. The minimum Gasteiger partial charge on any atom is -0.382 e. The molecule has 0 unspecified atom stereocenters. The third kappa shape index (κ3) is 35.1. The van der Waals surface area contributed by atoms with Crippen molar-refractivity contribution in [1.82, 2.24) is 9.80 Å². The Balaban J connectivity index is 4.58. The largest absolute Gasteiger partial charge is 0.382 e. The van der Waals surface area contributed by atoms with Crippen molar-refractivity contribution in [1.29, 1.82) is 0 Å². The van der Waals surface area contributed by atoms with Gasteiger partial charge in [0.05, 0.1) is 39.6 Å². The molecule has 48 heavy (non-hydrogen) atoms. The van der Waals surface area contributed by atoms with Gasteiger partial charge in [-0.3, -0.25) is 9.69 Å². The minimum absolute atomic E-state index is 0.312. The van der Waals surface area contributed by atoms with Gasteiger partial charge < -0.3 is 23.8 Å². The van der Waals surface area contributed by atoms with Gasteiger partial charge in [-0.1, -0.05) is 155 Å². The molecule has 0 aliphatic rings. The Morgan fingerprint density at radius 2 is 0.729 bits per heavy atom. The number of carbonyl (C=O) groups excluding carboxylic acids is 1. The van der Waals surface area contributed by atoms with Crippen LogP contribution >= 0.6 is 0 Å². The van der Waals surface area contributed by atoms with Gasteiger partial charge in [0.2, 0.25) is 5.91 Å². The van der Waals surface area contributed by atoms with Crippen molar-refractivity contribution in [2.75, 3.05) is 86.6 Å². The van der Waals surface area contributed by atoms with Crippen LogP contribution in [0.3, 0.4) is 0 Å². The number of rotatable bonds is 41. The van der Waals surface area contributed by atoms with Gasteiger partial charge in [-0.25, -0.2) is 0 Å². The lowest BCUT2D eigenvalue weighted by Crippen LogP contribution is -2.38. The third-order valence-electron chi connectivity index (χ3n) is 9.53. The molecule has 0 atom stereocenters. The van der Waals surface area contributed by atoms with Gasteiger partial charge in [0, 0.05) is 53.4 Å². The molecule has 0 saturated carbocycles. The van der Waals surface area contributed by atoms with Crippen LogP contribution in [0.2, 0.25) is 0 Å². The van der Waals surface area contributed by atoms with E-state index in [0.29, 0.717) is 52.0 Å². The number of hydrogen-bond donors (Lipinski definition) is 0. The van der Waals surface area contributed by atoms with Crippen molar-refractivity contribution in [2.24, 2.45) is 0 Å². The Kier molecular flexibility index (Phi) is 40.1. The van der Waals surface area contributed by atoms with Gasteiger partial charge in [-0.2, -0.15) is 0 Å². The van der Waals surface area contributed by atoms with Crippen LogP contribution < -0.4 is 0 Å². The number of unbranched alkanes of at least 4 members (excludes halogenated alkanes) is 22. The fourth-order valence-electron chi connectivity index (χ4n) is 6.27. The summed E-state index contributed by atoms with van der Waals surface area (Å²) in [7, 11) is 3.39. The summed E-state index contributed by atoms with van der Waals surface area (Å²) in [5.74, 6) is 0.312. The Bertz CT molecular complexity index is 582. The molecule has 0 bridgehead atoms. The van der Waals surface area contributed by atoms with Crippen LogP contribution in [0.1, 0.15) is 174 Å². The van der Waals surface area contributed by atoms with Crippen LogP contribution in [0.25, 0.3) is 0 Å². The second kappa shape index (κ2) is 40.7. The van der Waals surface area contributed by atoms with Crippen molar-refractivity contribution in [3.8, 4) is 0 Å². The molecule has 0 N–H and O–H groups in total. The summed E-state index contributed by atoms with van der Waals surface area (Å²) in [6.45, 7) is 12.4. The van der Waals surface area contributed by atoms with Gasteiger partial charge >= 0.3 is 0 Å². The van der Waals surface area contributed by atoms with E-state index >= 15 is 0 Å². The minimum atomic E-state index is 0.312. The van der Waals surface area contributed by atoms with E-state index in [1.807, 2.05) is 0 Å². The molecule has 0 aromatic carbocycles. The fraction of sp³-hybridized carbons (Fsp3) is 0.976. The van der Waals surface area contributed by atoms with Crippen molar-refractivity contribution in [3.05, 3.63) is 0 Å². The maximum atomic E-state index is 13.5. The zero-order valence-corrected chi connectivity index (χ0v) is 32.9. The topological polar surface area (TPSA) is 60.5 Å². The Morgan fingerprint density at radius 1 is 0.396 bits per heavy atom. The molecule has 0 aliphatic carbocycles. The second-order valence-corrected chi connectivity index (χ2v) is 14.0. The van der Waals surface area contributed by atoms with Crippen molar-refractivity contribution >= 4 is 5.91 Å². The first kappa shape index (κ1) is 47.3. The average molecular weight is 685 g/mol. The molecular weight excluding hydrogens is 600 g/mol. The van der Waals surface area contributed by atoms with Crippen LogP contribution in [0, 0.1) is 0 Å². The molecular formula is C41H84N2O5. The monoisotopic (exact) mass is 685 g/mol. The molecule has 0 aliphatic heterocycles. The first-order valence-corrected chi connectivity index (χ1v) is 20.8. The molecule has 7 nitrogen and oxygen atoms in total. The molecule has 288 valence electrons. The van der Waals surface area contributed by atoms with Gasteiger partial charge in [-0.15, -0.1) is 0 Å². The first-order valence-electron chi connectivity index (χ1n) is 20.8. The van der Waals surface area contributed by atoms with E-state index in [2.05, 4.69) is 23.6 Å². The van der Waals surface area contributed by atoms with Crippen molar-refractivity contribution < 1.29 is 23.7 Å². The maximum Gasteiger partial charge on any atom is 0.223 e. The average Bonchev–Trinajstić information content (AvgIpc) is 3.09. The van der Waals surface area contributed by atoms with Crippen molar-refractivity contribution in [3.63, 3.8) is 0 Å². The lowest BCUT2D eigenvalue weighted by Gasteiger charge is -2.26. The number of ether oxygens (including phenoxy) is 4. The summed E-state index contributed by atoms with van der Waals surface area (Å²) in [4.78, 5) is 18.0. The number of amides is 1.